The topological polar surface area (TPSA) is 44.8 Å². The van der Waals surface area contributed by atoms with E-state index in [2.05, 4.69) is 0 Å². The van der Waals surface area contributed by atoms with E-state index in [4.69, 9.17) is 14.2 Å². The predicted octanol–water partition coefficient (Wildman–Crippen LogP) is 4.52. The molecule has 2 unspecified atom stereocenters. The van der Waals surface area contributed by atoms with Crippen LogP contribution in [-0.4, -0.2) is 24.6 Å². The summed E-state index contributed by atoms with van der Waals surface area (Å²) in [5, 5.41) is 0. The van der Waals surface area contributed by atoms with Gasteiger partial charge in [0.2, 0.25) is 0 Å². The first-order valence-corrected chi connectivity index (χ1v) is 9.39. The van der Waals surface area contributed by atoms with Gasteiger partial charge in [-0.2, -0.15) is 0 Å². The van der Waals surface area contributed by atoms with Crippen LogP contribution in [0.15, 0.2) is 42.5 Å². The fourth-order valence-electron chi connectivity index (χ4n) is 4.80. The molecule has 4 heteroatoms. The lowest BCUT2D eigenvalue weighted by Gasteiger charge is -2.51. The van der Waals surface area contributed by atoms with E-state index in [0.717, 1.165) is 37.0 Å². The number of hydrogen-bond acceptors (Lipinski definition) is 4. The van der Waals surface area contributed by atoms with Gasteiger partial charge in [0.1, 0.15) is 22.8 Å². The second-order valence-corrected chi connectivity index (χ2v) is 7.51. The average Bonchev–Trinajstić information content (AvgIpc) is 2.68. The fraction of sp³-hybridized carbons (Fsp3) is 0.409. The van der Waals surface area contributed by atoms with E-state index in [1.165, 1.54) is 6.42 Å². The minimum absolute atomic E-state index is 0.125. The Morgan fingerprint density at radius 3 is 2.65 bits per heavy atom. The number of methoxy groups -OCH3 is 1. The first-order chi connectivity index (χ1) is 12.7. The number of carbonyl (C=O) groups is 1. The van der Waals surface area contributed by atoms with Crippen molar-refractivity contribution in [1.29, 1.82) is 0 Å². The van der Waals surface area contributed by atoms with Crippen molar-refractivity contribution in [2.75, 3.05) is 7.11 Å². The molecule has 3 aliphatic rings. The largest absolute Gasteiger partial charge is 0.497 e. The summed E-state index contributed by atoms with van der Waals surface area (Å²) in [7, 11) is 1.62. The molecule has 4 nitrogen and oxygen atoms in total. The van der Waals surface area contributed by atoms with Crippen LogP contribution in [0.2, 0.25) is 0 Å². The number of hydrogen-bond donors (Lipinski definition) is 0. The molecule has 2 atom stereocenters. The Morgan fingerprint density at radius 1 is 1.04 bits per heavy atom. The molecule has 1 fully saturated rings. The third-order valence-electron chi connectivity index (χ3n) is 6.08. The molecule has 2 aliphatic heterocycles. The van der Waals surface area contributed by atoms with Crippen LogP contribution in [0.5, 0.6) is 17.2 Å². The van der Waals surface area contributed by atoms with Crippen LogP contribution >= 0.6 is 0 Å². The van der Waals surface area contributed by atoms with E-state index >= 15 is 0 Å². The molecular formula is C22H22O4. The summed E-state index contributed by atoms with van der Waals surface area (Å²) >= 11 is 0. The van der Waals surface area contributed by atoms with Crippen LogP contribution < -0.4 is 14.2 Å². The zero-order valence-electron chi connectivity index (χ0n) is 14.9. The smallest absolute Gasteiger partial charge is 0.178 e. The standard InChI is InChI=1S/C22H22O4/c1-24-14-9-10-16-18(13-14)25-21-19(20(16)23)15-7-3-4-8-17(15)26-22(21)11-5-2-6-12-22/h3-4,7-10,13,19,21H,2,5-6,11-12H2,1H3. The van der Waals surface area contributed by atoms with Crippen molar-refractivity contribution < 1.29 is 19.0 Å². The number of rotatable bonds is 1. The molecule has 0 aromatic heterocycles. The van der Waals surface area contributed by atoms with Crippen molar-refractivity contribution in [3.63, 3.8) is 0 Å². The Bertz CT molecular complexity index is 866. The maximum absolute atomic E-state index is 13.5. The number of carbonyl (C=O) groups excluding carboxylic acids is 1. The van der Waals surface area contributed by atoms with Gasteiger partial charge in [-0.3, -0.25) is 4.79 Å². The second-order valence-electron chi connectivity index (χ2n) is 7.51. The van der Waals surface area contributed by atoms with Crippen LogP contribution in [0.3, 0.4) is 0 Å². The molecule has 26 heavy (non-hydrogen) atoms. The van der Waals surface area contributed by atoms with Crippen LogP contribution in [0.4, 0.5) is 0 Å². The molecule has 1 aliphatic carbocycles. The van der Waals surface area contributed by atoms with Crippen LogP contribution in [0.25, 0.3) is 0 Å². The maximum atomic E-state index is 13.5. The zero-order chi connectivity index (χ0) is 17.7. The van der Waals surface area contributed by atoms with Gasteiger partial charge in [-0.25, -0.2) is 0 Å². The summed E-state index contributed by atoms with van der Waals surface area (Å²) in [5.74, 6) is 1.97. The number of fused-ring (bicyclic) bond motifs is 5. The molecule has 134 valence electrons. The Balaban J connectivity index is 1.68. The van der Waals surface area contributed by atoms with E-state index in [-0.39, 0.29) is 17.8 Å². The first-order valence-electron chi connectivity index (χ1n) is 9.39. The van der Waals surface area contributed by atoms with E-state index in [1.54, 1.807) is 7.11 Å². The van der Waals surface area contributed by atoms with Gasteiger partial charge < -0.3 is 14.2 Å². The molecule has 2 heterocycles. The van der Waals surface area contributed by atoms with Crippen LogP contribution in [0, 0.1) is 0 Å². The van der Waals surface area contributed by atoms with Crippen molar-refractivity contribution >= 4 is 5.78 Å². The molecule has 0 amide bonds. The third kappa shape index (κ3) is 2.17. The number of ketones is 1. The highest BCUT2D eigenvalue weighted by molar-refractivity contribution is 6.05. The molecule has 2 aromatic rings. The summed E-state index contributed by atoms with van der Waals surface area (Å²) in [5.41, 5.74) is 1.16. The van der Waals surface area contributed by atoms with Gasteiger partial charge in [0.15, 0.2) is 11.9 Å². The number of ether oxygens (including phenoxy) is 3. The predicted molar refractivity (Wildman–Crippen MR) is 97.4 cm³/mol. The van der Waals surface area contributed by atoms with Gasteiger partial charge in [-0.05, 0) is 43.9 Å². The molecule has 1 spiro atoms. The van der Waals surface area contributed by atoms with Gasteiger partial charge >= 0.3 is 0 Å². The number of benzene rings is 2. The Hall–Kier alpha value is -2.49. The van der Waals surface area contributed by atoms with E-state index in [9.17, 15) is 4.79 Å². The summed E-state index contributed by atoms with van der Waals surface area (Å²) in [6.07, 6.45) is 4.99. The SMILES string of the molecule is COc1ccc2c(c1)OC1C(C2=O)c2ccccc2OC12CCCCC2. The lowest BCUT2D eigenvalue weighted by atomic mass is 9.69. The fourth-order valence-corrected chi connectivity index (χ4v) is 4.80. The van der Waals surface area contributed by atoms with Crippen molar-refractivity contribution in [3.05, 3.63) is 53.6 Å². The Morgan fingerprint density at radius 2 is 1.85 bits per heavy atom. The quantitative estimate of drug-likeness (QED) is 0.759. The highest BCUT2D eigenvalue weighted by Crippen LogP contribution is 2.52. The molecule has 0 bridgehead atoms. The van der Waals surface area contributed by atoms with Crippen LogP contribution in [0.1, 0.15) is 53.9 Å². The second kappa shape index (κ2) is 5.76. The van der Waals surface area contributed by atoms with Crippen molar-refractivity contribution in [2.45, 2.75) is 49.7 Å². The van der Waals surface area contributed by atoms with E-state index in [0.29, 0.717) is 17.1 Å². The Kier molecular flexibility index (Phi) is 3.49. The molecule has 2 aromatic carbocycles. The van der Waals surface area contributed by atoms with Gasteiger partial charge in [0, 0.05) is 11.6 Å². The maximum Gasteiger partial charge on any atom is 0.178 e. The average molecular weight is 350 g/mol. The molecule has 0 radical (unpaired) electrons. The minimum Gasteiger partial charge on any atom is -0.497 e. The van der Waals surface area contributed by atoms with Crippen molar-refractivity contribution in [2.24, 2.45) is 0 Å². The number of Topliss-reactive ketones (excluding diaryl/α,β-unsaturated/α-hetero) is 1. The molecule has 0 N–H and O–H groups in total. The van der Waals surface area contributed by atoms with Gasteiger partial charge in [0.05, 0.1) is 18.6 Å². The highest BCUT2D eigenvalue weighted by Gasteiger charge is 2.56. The van der Waals surface area contributed by atoms with Crippen molar-refractivity contribution in [1.82, 2.24) is 0 Å². The summed E-state index contributed by atoms with van der Waals surface area (Å²) < 4.78 is 18.3. The lowest BCUT2D eigenvalue weighted by molar-refractivity contribution is -0.0878. The summed E-state index contributed by atoms with van der Waals surface area (Å²) in [6, 6.07) is 13.4. The first kappa shape index (κ1) is 15.7. The molecular weight excluding hydrogens is 328 g/mol. The highest BCUT2D eigenvalue weighted by atomic mass is 16.6. The number of para-hydroxylation sites is 1. The van der Waals surface area contributed by atoms with Gasteiger partial charge in [-0.1, -0.05) is 24.6 Å². The van der Waals surface area contributed by atoms with Gasteiger partial charge in [-0.15, -0.1) is 0 Å². The van der Waals surface area contributed by atoms with Crippen molar-refractivity contribution in [3.8, 4) is 17.2 Å². The van der Waals surface area contributed by atoms with E-state index < -0.39 is 5.60 Å². The third-order valence-corrected chi connectivity index (χ3v) is 6.08. The normalized spacial score (nSPS) is 25.3. The molecule has 1 saturated carbocycles. The Labute approximate surface area is 153 Å². The van der Waals surface area contributed by atoms with Crippen LogP contribution in [-0.2, 0) is 0 Å². The van der Waals surface area contributed by atoms with E-state index in [1.807, 2.05) is 42.5 Å². The van der Waals surface area contributed by atoms with Gasteiger partial charge in [0.25, 0.3) is 0 Å². The monoisotopic (exact) mass is 350 g/mol. The lowest BCUT2D eigenvalue weighted by Crippen LogP contribution is -2.59. The zero-order valence-corrected chi connectivity index (χ0v) is 14.9. The molecule has 0 saturated heterocycles. The minimum atomic E-state index is -0.423. The summed E-state index contributed by atoms with van der Waals surface area (Å²) in [6.45, 7) is 0. The molecule has 5 rings (SSSR count). The summed E-state index contributed by atoms with van der Waals surface area (Å²) in [4.78, 5) is 13.5.